The monoisotopic (exact) mass is 747 g/mol. The largest absolute Gasteiger partial charge is 0.456 e. The number of furan rings is 2. The zero-order chi connectivity index (χ0) is 37.5. The van der Waals surface area contributed by atoms with E-state index in [1.165, 1.54) is 20.2 Å². The summed E-state index contributed by atoms with van der Waals surface area (Å²) in [7, 11) is 0. The van der Waals surface area contributed by atoms with Crippen LogP contribution in [0.2, 0.25) is 0 Å². The molecule has 266 valence electrons. The van der Waals surface area contributed by atoms with Gasteiger partial charge in [0.15, 0.2) is 17.5 Å². The molecule has 5 nitrogen and oxygen atoms in total. The fraction of sp³-hybridized carbons (Fsp3) is 0. The zero-order valence-corrected chi connectivity index (χ0v) is 31.1. The van der Waals surface area contributed by atoms with Gasteiger partial charge in [-0.15, -0.1) is 11.3 Å². The molecule has 12 aromatic rings. The number of fused-ring (bicyclic) bond motifs is 9. The molecule has 0 spiro atoms. The molecule has 0 saturated carbocycles. The zero-order valence-electron chi connectivity index (χ0n) is 30.3. The lowest BCUT2D eigenvalue weighted by Crippen LogP contribution is -2.00. The van der Waals surface area contributed by atoms with Crippen LogP contribution in [0.1, 0.15) is 0 Å². The summed E-state index contributed by atoms with van der Waals surface area (Å²) in [6.45, 7) is 0. The fourth-order valence-corrected chi connectivity index (χ4v) is 9.34. The summed E-state index contributed by atoms with van der Waals surface area (Å²) < 4.78 is 15.6. The third-order valence-corrected chi connectivity index (χ3v) is 12.1. The molecule has 57 heavy (non-hydrogen) atoms. The van der Waals surface area contributed by atoms with Gasteiger partial charge in [-0.2, -0.15) is 0 Å². The van der Waals surface area contributed by atoms with Crippen LogP contribution in [0.3, 0.4) is 0 Å². The maximum absolute atomic E-state index is 6.75. The second-order valence-corrected chi connectivity index (χ2v) is 15.4. The Kier molecular flexibility index (Phi) is 7.03. The molecule has 0 fully saturated rings. The number of thiophene rings is 1. The van der Waals surface area contributed by atoms with Crippen molar-refractivity contribution in [1.82, 2.24) is 15.0 Å². The first-order valence-corrected chi connectivity index (χ1v) is 19.7. The van der Waals surface area contributed by atoms with Crippen molar-refractivity contribution in [3.05, 3.63) is 176 Å². The predicted molar refractivity (Wildman–Crippen MR) is 234 cm³/mol. The smallest absolute Gasteiger partial charge is 0.164 e. The van der Waals surface area contributed by atoms with Gasteiger partial charge in [0.05, 0.1) is 0 Å². The van der Waals surface area contributed by atoms with Crippen molar-refractivity contribution in [2.75, 3.05) is 0 Å². The number of rotatable bonds is 5. The summed E-state index contributed by atoms with van der Waals surface area (Å²) in [6.07, 6.45) is 0. The highest BCUT2D eigenvalue weighted by Gasteiger charge is 2.22. The van der Waals surface area contributed by atoms with Gasteiger partial charge in [0.2, 0.25) is 0 Å². The van der Waals surface area contributed by atoms with E-state index in [1.54, 1.807) is 0 Å². The normalized spacial score (nSPS) is 11.9. The van der Waals surface area contributed by atoms with Crippen molar-refractivity contribution in [3.8, 4) is 56.4 Å². The van der Waals surface area contributed by atoms with E-state index >= 15 is 0 Å². The molecule has 0 amide bonds. The summed E-state index contributed by atoms with van der Waals surface area (Å²) in [5, 5.41) is 6.65. The molecule has 4 heterocycles. The average molecular weight is 748 g/mol. The molecule has 0 N–H and O–H groups in total. The first-order valence-electron chi connectivity index (χ1n) is 18.9. The van der Waals surface area contributed by atoms with Gasteiger partial charge in [-0.25, -0.2) is 15.0 Å². The number of benzene rings is 8. The minimum Gasteiger partial charge on any atom is -0.456 e. The quantitative estimate of drug-likeness (QED) is 0.175. The van der Waals surface area contributed by atoms with E-state index in [-0.39, 0.29) is 0 Å². The molecule has 6 heteroatoms. The number of hydrogen-bond donors (Lipinski definition) is 0. The van der Waals surface area contributed by atoms with Gasteiger partial charge in [-0.05, 0) is 65.2 Å². The van der Waals surface area contributed by atoms with Crippen LogP contribution in [0.25, 0.3) is 120 Å². The van der Waals surface area contributed by atoms with Crippen LogP contribution in [0.4, 0.5) is 0 Å². The molecule has 0 bridgehead atoms. The Morgan fingerprint density at radius 2 is 0.895 bits per heavy atom. The number of hydrogen-bond acceptors (Lipinski definition) is 6. The van der Waals surface area contributed by atoms with Crippen molar-refractivity contribution in [2.24, 2.45) is 0 Å². The van der Waals surface area contributed by atoms with E-state index in [1.807, 2.05) is 53.8 Å². The number of para-hydroxylation sites is 2. The Hall–Kier alpha value is -7.41. The summed E-state index contributed by atoms with van der Waals surface area (Å²) in [5.74, 6) is 1.71. The topological polar surface area (TPSA) is 65.0 Å². The minimum atomic E-state index is 0.560. The number of aromatic nitrogens is 3. The average Bonchev–Trinajstić information content (AvgIpc) is 3.97. The van der Waals surface area contributed by atoms with Crippen LogP contribution in [0.15, 0.2) is 185 Å². The van der Waals surface area contributed by atoms with Crippen molar-refractivity contribution in [1.29, 1.82) is 0 Å². The maximum Gasteiger partial charge on any atom is 0.164 e. The summed E-state index contributed by atoms with van der Waals surface area (Å²) >= 11 is 1.82. The summed E-state index contributed by atoms with van der Waals surface area (Å²) in [4.78, 5) is 15.6. The van der Waals surface area contributed by atoms with Crippen LogP contribution in [-0.2, 0) is 0 Å². The Morgan fingerprint density at radius 1 is 0.333 bits per heavy atom. The molecular formula is C51H29N3O2S. The third kappa shape index (κ3) is 5.19. The highest BCUT2D eigenvalue weighted by Crippen LogP contribution is 2.44. The van der Waals surface area contributed by atoms with Crippen molar-refractivity contribution in [3.63, 3.8) is 0 Å². The minimum absolute atomic E-state index is 0.560. The van der Waals surface area contributed by atoms with Crippen LogP contribution in [0.5, 0.6) is 0 Å². The lowest BCUT2D eigenvalue weighted by atomic mass is 9.97. The molecule has 0 unspecified atom stereocenters. The molecule has 0 radical (unpaired) electrons. The van der Waals surface area contributed by atoms with E-state index in [4.69, 9.17) is 23.8 Å². The van der Waals surface area contributed by atoms with Gasteiger partial charge in [0, 0.05) is 64.0 Å². The highest BCUT2D eigenvalue weighted by molar-refractivity contribution is 7.25. The van der Waals surface area contributed by atoms with E-state index in [9.17, 15) is 0 Å². The molecular weight excluding hydrogens is 719 g/mol. The number of nitrogens with zero attached hydrogens (tertiary/aromatic N) is 3. The van der Waals surface area contributed by atoms with Gasteiger partial charge in [0.1, 0.15) is 22.3 Å². The SMILES string of the molecule is c1ccc(-c2ccc(-c3nc(-c4ccc5c(c4)oc4ccccc45)nc(-c4ccc(-c5ccc6c(c5)sc5ccccc56)c5oc6ccccc6c45)n3)cc2)cc1. The Morgan fingerprint density at radius 3 is 1.74 bits per heavy atom. The van der Waals surface area contributed by atoms with Crippen LogP contribution in [0, 0.1) is 0 Å². The Balaban J connectivity index is 1.07. The molecule has 0 aliphatic carbocycles. The van der Waals surface area contributed by atoms with E-state index < -0.39 is 0 Å². The highest BCUT2D eigenvalue weighted by atomic mass is 32.1. The molecule has 4 aromatic heterocycles. The van der Waals surface area contributed by atoms with Gasteiger partial charge >= 0.3 is 0 Å². The second-order valence-electron chi connectivity index (χ2n) is 14.3. The van der Waals surface area contributed by atoms with Crippen molar-refractivity contribution in [2.45, 2.75) is 0 Å². The lowest BCUT2D eigenvalue weighted by Gasteiger charge is -2.11. The van der Waals surface area contributed by atoms with Crippen LogP contribution >= 0.6 is 11.3 Å². The van der Waals surface area contributed by atoms with E-state index in [2.05, 4.69) is 133 Å². The van der Waals surface area contributed by atoms with Crippen LogP contribution in [-0.4, -0.2) is 15.0 Å². The summed E-state index contributed by atoms with van der Waals surface area (Å²) in [5.41, 5.74) is 10.2. The lowest BCUT2D eigenvalue weighted by molar-refractivity contribution is 0.669. The summed E-state index contributed by atoms with van der Waals surface area (Å²) in [6, 6.07) is 60.9. The predicted octanol–water partition coefficient (Wildman–Crippen LogP) is 14.4. The first kappa shape index (κ1) is 31.9. The Labute approximate surface area is 330 Å². The van der Waals surface area contributed by atoms with E-state index in [0.29, 0.717) is 17.5 Å². The second kappa shape index (κ2) is 12.6. The molecule has 0 aliphatic heterocycles. The molecule has 8 aromatic carbocycles. The molecule has 12 rings (SSSR count). The fourth-order valence-electron chi connectivity index (χ4n) is 8.20. The van der Waals surface area contributed by atoms with Crippen molar-refractivity contribution < 1.29 is 8.83 Å². The molecule has 0 atom stereocenters. The van der Waals surface area contributed by atoms with Crippen molar-refractivity contribution >= 4 is 75.4 Å². The van der Waals surface area contributed by atoms with Gasteiger partial charge in [-0.1, -0.05) is 127 Å². The van der Waals surface area contributed by atoms with Gasteiger partial charge in [0.25, 0.3) is 0 Å². The van der Waals surface area contributed by atoms with Gasteiger partial charge < -0.3 is 8.83 Å². The molecule has 0 saturated heterocycles. The molecule has 0 aliphatic rings. The Bertz CT molecular complexity index is 3530. The van der Waals surface area contributed by atoms with Gasteiger partial charge in [-0.3, -0.25) is 0 Å². The standard InChI is InChI=1S/C51H29N3O2S/c1-2-10-30(11-3-1)31-18-20-32(21-19-31)49-52-50(34-23-24-37-36-12-4-7-15-42(36)55-44(37)28-34)54-51(53-49)41-27-26-35(48-47(41)40-14-5-8-16-43(40)56-48)33-22-25-39-38-13-6-9-17-45(38)57-46(39)29-33/h1-29H. The van der Waals surface area contributed by atoms with Crippen LogP contribution < -0.4 is 0 Å². The third-order valence-electron chi connectivity index (χ3n) is 11.0. The maximum atomic E-state index is 6.75. The van der Waals surface area contributed by atoms with E-state index in [0.717, 1.165) is 82.8 Å². The first-order chi connectivity index (χ1) is 28.2.